The van der Waals surface area contributed by atoms with E-state index in [-0.39, 0.29) is 18.3 Å². The summed E-state index contributed by atoms with van der Waals surface area (Å²) in [5.74, 6) is 0.761. The molecule has 1 atom stereocenters. The van der Waals surface area contributed by atoms with Crippen LogP contribution in [0, 0.1) is 5.92 Å². The average molecular weight is 337 g/mol. The molecule has 1 aliphatic rings. The number of amides is 1. The lowest BCUT2D eigenvalue weighted by Gasteiger charge is -2.09. The molecule has 1 unspecified atom stereocenters. The highest BCUT2D eigenvalue weighted by Crippen LogP contribution is 2.28. The van der Waals surface area contributed by atoms with Crippen LogP contribution in [0.2, 0.25) is 0 Å². The minimum absolute atomic E-state index is 0. The molecule has 2 N–H and O–H groups in total. The lowest BCUT2D eigenvalue weighted by atomic mass is 10.0. The Kier molecular flexibility index (Phi) is 6.43. The number of hydrogen-bond donors (Lipinski definition) is 2. The summed E-state index contributed by atoms with van der Waals surface area (Å²) in [5, 5.41) is 8.41. The van der Waals surface area contributed by atoms with Gasteiger partial charge in [-0.2, -0.15) is 0 Å². The number of carbonyl (C=O) groups is 1. The van der Waals surface area contributed by atoms with Gasteiger partial charge in [0.05, 0.1) is 4.88 Å². The molecule has 0 aliphatic carbocycles. The van der Waals surface area contributed by atoms with Gasteiger partial charge < -0.3 is 10.6 Å². The molecule has 22 heavy (non-hydrogen) atoms. The van der Waals surface area contributed by atoms with E-state index >= 15 is 0 Å². The zero-order chi connectivity index (χ0) is 14.5. The van der Waals surface area contributed by atoms with Crippen LogP contribution in [0.5, 0.6) is 0 Å². The van der Waals surface area contributed by atoms with Crippen LogP contribution in [-0.4, -0.2) is 25.5 Å². The fourth-order valence-corrected chi connectivity index (χ4v) is 3.59. The molecule has 3 nitrogen and oxygen atoms in total. The third kappa shape index (κ3) is 4.09. The molecule has 1 aromatic carbocycles. The Morgan fingerprint density at radius 1 is 1.27 bits per heavy atom. The van der Waals surface area contributed by atoms with Crippen LogP contribution in [-0.2, 0) is 0 Å². The Hall–Kier alpha value is -1.36. The first-order valence-corrected chi connectivity index (χ1v) is 8.34. The molecule has 118 valence electrons. The maximum atomic E-state index is 12.4. The largest absolute Gasteiger partial charge is 0.351 e. The first-order valence-electron chi connectivity index (χ1n) is 7.46. The van der Waals surface area contributed by atoms with Gasteiger partial charge in [-0.3, -0.25) is 4.79 Å². The highest BCUT2D eigenvalue weighted by molar-refractivity contribution is 7.12. The molecule has 2 aromatic rings. The molecule has 1 fully saturated rings. The number of nitrogens with one attached hydrogen (secondary N) is 2. The van der Waals surface area contributed by atoms with E-state index in [0.29, 0.717) is 5.92 Å². The smallest absolute Gasteiger partial charge is 0.261 e. The van der Waals surface area contributed by atoms with E-state index in [0.717, 1.165) is 42.1 Å². The van der Waals surface area contributed by atoms with Gasteiger partial charge in [-0.15, -0.1) is 23.7 Å². The normalized spacial score (nSPS) is 17.0. The summed E-state index contributed by atoms with van der Waals surface area (Å²) in [4.78, 5) is 13.2. The molecule has 1 amide bonds. The van der Waals surface area contributed by atoms with Crippen LogP contribution in [0.25, 0.3) is 11.1 Å². The zero-order valence-corrected chi connectivity index (χ0v) is 14.0. The summed E-state index contributed by atoms with van der Waals surface area (Å²) in [6, 6.07) is 12.1. The number of carbonyl (C=O) groups excluding carboxylic acids is 1. The number of hydrogen-bond acceptors (Lipinski definition) is 3. The summed E-state index contributed by atoms with van der Waals surface area (Å²) >= 11 is 1.51. The molecule has 0 saturated carbocycles. The average Bonchev–Trinajstić information content (AvgIpc) is 3.19. The fourth-order valence-electron chi connectivity index (χ4n) is 2.76. The third-order valence-corrected chi connectivity index (χ3v) is 4.87. The molecule has 1 saturated heterocycles. The standard InChI is InChI=1S/C17H20N2OS.ClH/c20-17(19-10-7-13-6-9-18-12-13)16-15(8-11-21-16)14-4-2-1-3-5-14;/h1-5,8,11,13,18H,6-7,9-10,12H2,(H,19,20);1H. The quantitative estimate of drug-likeness (QED) is 0.876. The zero-order valence-electron chi connectivity index (χ0n) is 12.4. The van der Waals surface area contributed by atoms with Gasteiger partial charge in [0.15, 0.2) is 0 Å². The molecule has 0 spiro atoms. The SMILES string of the molecule is Cl.O=C(NCCC1CCNC1)c1sccc1-c1ccccc1. The van der Waals surface area contributed by atoms with Crippen molar-refractivity contribution in [1.29, 1.82) is 0 Å². The van der Waals surface area contributed by atoms with Crippen LogP contribution < -0.4 is 10.6 Å². The van der Waals surface area contributed by atoms with Gasteiger partial charge in [0, 0.05) is 12.1 Å². The van der Waals surface area contributed by atoms with Crippen molar-refractivity contribution in [3.63, 3.8) is 0 Å². The summed E-state index contributed by atoms with van der Waals surface area (Å²) in [6.45, 7) is 2.96. The second-order valence-corrected chi connectivity index (χ2v) is 6.35. The Labute approximate surface area is 141 Å². The molecule has 0 radical (unpaired) electrons. The molecule has 5 heteroatoms. The summed E-state index contributed by atoms with van der Waals surface area (Å²) in [6.07, 6.45) is 2.29. The van der Waals surface area contributed by atoms with Crippen LogP contribution in [0.15, 0.2) is 41.8 Å². The number of thiophene rings is 1. The van der Waals surface area contributed by atoms with Crippen molar-refractivity contribution in [1.82, 2.24) is 10.6 Å². The molecular weight excluding hydrogens is 316 g/mol. The first kappa shape index (κ1) is 17.0. The predicted molar refractivity (Wildman–Crippen MR) is 94.9 cm³/mol. The van der Waals surface area contributed by atoms with Gasteiger partial charge in [-0.05, 0) is 48.9 Å². The maximum absolute atomic E-state index is 12.4. The summed E-state index contributed by atoms with van der Waals surface area (Å²) < 4.78 is 0. The van der Waals surface area contributed by atoms with E-state index in [1.807, 2.05) is 41.8 Å². The first-order chi connectivity index (χ1) is 10.3. The lowest BCUT2D eigenvalue weighted by Crippen LogP contribution is -2.26. The fraction of sp³-hybridized carbons (Fsp3) is 0.353. The van der Waals surface area contributed by atoms with Gasteiger partial charge in [0.1, 0.15) is 0 Å². The van der Waals surface area contributed by atoms with Crippen LogP contribution >= 0.6 is 23.7 Å². The lowest BCUT2D eigenvalue weighted by molar-refractivity contribution is 0.0956. The van der Waals surface area contributed by atoms with Crippen molar-refractivity contribution in [3.05, 3.63) is 46.7 Å². The van der Waals surface area contributed by atoms with E-state index in [1.165, 1.54) is 17.8 Å². The van der Waals surface area contributed by atoms with Crippen molar-refractivity contribution in [3.8, 4) is 11.1 Å². The number of rotatable bonds is 5. The van der Waals surface area contributed by atoms with Crippen molar-refractivity contribution in [2.45, 2.75) is 12.8 Å². The highest BCUT2D eigenvalue weighted by Gasteiger charge is 2.16. The second-order valence-electron chi connectivity index (χ2n) is 5.43. The third-order valence-electron chi connectivity index (χ3n) is 3.96. The van der Waals surface area contributed by atoms with Crippen LogP contribution in [0.1, 0.15) is 22.5 Å². The minimum atomic E-state index is 0. The van der Waals surface area contributed by atoms with Crippen molar-refractivity contribution >= 4 is 29.7 Å². The van der Waals surface area contributed by atoms with Crippen LogP contribution in [0.4, 0.5) is 0 Å². The molecule has 1 aromatic heterocycles. The minimum Gasteiger partial charge on any atom is -0.351 e. The molecule has 1 aliphatic heterocycles. The Morgan fingerprint density at radius 2 is 2.09 bits per heavy atom. The van der Waals surface area contributed by atoms with Gasteiger partial charge in [-0.25, -0.2) is 0 Å². The molecule has 2 heterocycles. The number of halogens is 1. The van der Waals surface area contributed by atoms with Gasteiger partial charge in [0.25, 0.3) is 5.91 Å². The summed E-state index contributed by atoms with van der Waals surface area (Å²) in [7, 11) is 0. The van der Waals surface area contributed by atoms with Crippen molar-refractivity contribution in [2.24, 2.45) is 5.92 Å². The van der Waals surface area contributed by atoms with E-state index in [2.05, 4.69) is 10.6 Å². The van der Waals surface area contributed by atoms with E-state index in [1.54, 1.807) is 0 Å². The van der Waals surface area contributed by atoms with E-state index in [9.17, 15) is 4.79 Å². The Balaban J connectivity index is 0.00000176. The van der Waals surface area contributed by atoms with Crippen molar-refractivity contribution < 1.29 is 4.79 Å². The van der Waals surface area contributed by atoms with E-state index < -0.39 is 0 Å². The van der Waals surface area contributed by atoms with E-state index in [4.69, 9.17) is 0 Å². The van der Waals surface area contributed by atoms with Crippen molar-refractivity contribution in [2.75, 3.05) is 19.6 Å². The van der Waals surface area contributed by atoms with Gasteiger partial charge in [0.2, 0.25) is 0 Å². The number of benzene rings is 1. The maximum Gasteiger partial charge on any atom is 0.261 e. The second kappa shape index (κ2) is 8.32. The molecule has 3 rings (SSSR count). The summed E-state index contributed by atoms with van der Waals surface area (Å²) in [5.41, 5.74) is 2.13. The Bertz CT molecular complexity index is 594. The highest BCUT2D eigenvalue weighted by atomic mass is 35.5. The monoisotopic (exact) mass is 336 g/mol. The topological polar surface area (TPSA) is 41.1 Å². The van der Waals surface area contributed by atoms with Gasteiger partial charge in [-0.1, -0.05) is 30.3 Å². The van der Waals surface area contributed by atoms with Crippen LogP contribution in [0.3, 0.4) is 0 Å². The van der Waals surface area contributed by atoms with Gasteiger partial charge >= 0.3 is 0 Å². The molecular formula is C17H21ClN2OS. The molecule has 0 bridgehead atoms. The Morgan fingerprint density at radius 3 is 2.82 bits per heavy atom. The predicted octanol–water partition coefficient (Wildman–Crippen LogP) is 3.57.